The minimum Gasteiger partial charge on any atom is -0.466 e. The molecule has 0 aromatic rings. The van der Waals surface area contributed by atoms with E-state index in [0.717, 1.165) is 70.6 Å². The van der Waals surface area contributed by atoms with E-state index in [4.69, 9.17) is 4.74 Å². The fourth-order valence-corrected chi connectivity index (χ4v) is 6.69. The van der Waals surface area contributed by atoms with Crippen LogP contribution in [0.2, 0.25) is 0 Å². The molecular formula is C46H87NO5. The van der Waals surface area contributed by atoms with Gasteiger partial charge in [0.1, 0.15) is 0 Å². The Morgan fingerprint density at radius 3 is 1.40 bits per heavy atom. The molecule has 306 valence electrons. The number of unbranched alkanes of at least 4 members (excludes halogenated alkanes) is 28. The third kappa shape index (κ3) is 38.1. The van der Waals surface area contributed by atoms with Gasteiger partial charge in [0.05, 0.1) is 25.4 Å². The van der Waals surface area contributed by atoms with Gasteiger partial charge >= 0.3 is 5.97 Å². The monoisotopic (exact) mass is 734 g/mol. The van der Waals surface area contributed by atoms with Gasteiger partial charge < -0.3 is 20.3 Å². The van der Waals surface area contributed by atoms with E-state index in [-0.39, 0.29) is 18.5 Å². The Morgan fingerprint density at radius 1 is 0.519 bits per heavy atom. The zero-order chi connectivity index (χ0) is 38.0. The van der Waals surface area contributed by atoms with Crippen molar-refractivity contribution in [2.24, 2.45) is 0 Å². The van der Waals surface area contributed by atoms with E-state index >= 15 is 0 Å². The first-order valence-corrected chi connectivity index (χ1v) is 22.6. The third-order valence-electron chi connectivity index (χ3n) is 10.2. The SMILES string of the molecule is CCCCCCCCCCC/C=C/C(O)C(CO)NC(=O)CCC/C=C\CCCCCCOC(=O)CCCCCCCCCCCCCCCCC. The summed E-state index contributed by atoms with van der Waals surface area (Å²) in [5, 5.41) is 22.9. The summed E-state index contributed by atoms with van der Waals surface area (Å²) < 4.78 is 5.43. The molecule has 2 atom stereocenters. The average Bonchev–Trinajstić information content (AvgIpc) is 3.14. The fourth-order valence-electron chi connectivity index (χ4n) is 6.69. The maximum absolute atomic E-state index is 12.3. The number of hydrogen-bond donors (Lipinski definition) is 3. The van der Waals surface area contributed by atoms with Gasteiger partial charge in [-0.15, -0.1) is 0 Å². The van der Waals surface area contributed by atoms with Crippen LogP contribution in [0.1, 0.15) is 232 Å². The van der Waals surface area contributed by atoms with Crippen LogP contribution in [0.4, 0.5) is 0 Å². The second-order valence-electron chi connectivity index (χ2n) is 15.4. The number of allylic oxidation sites excluding steroid dienone is 3. The van der Waals surface area contributed by atoms with Crippen molar-refractivity contribution in [2.45, 2.75) is 244 Å². The van der Waals surface area contributed by atoms with Crippen molar-refractivity contribution in [1.82, 2.24) is 5.32 Å². The summed E-state index contributed by atoms with van der Waals surface area (Å²) in [4.78, 5) is 24.3. The Bertz CT molecular complexity index is 813. The standard InChI is InChI=1S/C46H87NO5/c1-3-5-7-9-11-13-15-16-17-18-20-24-28-32-36-40-46(51)52-41-37-33-29-25-21-23-27-31-35-39-45(50)47-43(42-48)44(49)38-34-30-26-22-19-14-12-10-8-6-4-2/h23,27,34,38,43-44,48-49H,3-22,24-26,28-33,35-37,39-42H2,1-2H3,(H,47,50)/b27-23-,38-34+. The van der Waals surface area contributed by atoms with E-state index in [1.165, 1.54) is 135 Å². The van der Waals surface area contributed by atoms with Gasteiger partial charge in [0.15, 0.2) is 0 Å². The zero-order valence-electron chi connectivity index (χ0n) is 34.5. The Kier molecular flexibility index (Phi) is 40.7. The topological polar surface area (TPSA) is 95.9 Å². The molecule has 0 aliphatic carbocycles. The lowest BCUT2D eigenvalue weighted by atomic mass is 10.0. The van der Waals surface area contributed by atoms with Crippen molar-refractivity contribution < 1.29 is 24.5 Å². The molecule has 0 rings (SSSR count). The predicted molar refractivity (Wildman–Crippen MR) is 223 cm³/mol. The Labute approximate surface area is 322 Å². The number of aliphatic hydroxyl groups excluding tert-OH is 2. The lowest BCUT2D eigenvalue weighted by Crippen LogP contribution is -2.45. The van der Waals surface area contributed by atoms with Crippen molar-refractivity contribution >= 4 is 11.9 Å². The van der Waals surface area contributed by atoms with Crippen molar-refractivity contribution in [2.75, 3.05) is 13.2 Å². The molecule has 0 radical (unpaired) electrons. The van der Waals surface area contributed by atoms with Gasteiger partial charge in [-0.05, 0) is 51.4 Å². The summed E-state index contributed by atoms with van der Waals surface area (Å²) in [7, 11) is 0. The molecule has 0 heterocycles. The number of esters is 1. The largest absolute Gasteiger partial charge is 0.466 e. The van der Waals surface area contributed by atoms with Crippen LogP contribution in [-0.4, -0.2) is 47.4 Å². The van der Waals surface area contributed by atoms with Crippen LogP contribution in [0, 0.1) is 0 Å². The smallest absolute Gasteiger partial charge is 0.305 e. The molecule has 0 saturated carbocycles. The maximum atomic E-state index is 12.3. The summed E-state index contributed by atoms with van der Waals surface area (Å²) in [6, 6.07) is -0.662. The summed E-state index contributed by atoms with van der Waals surface area (Å²) >= 11 is 0. The number of aliphatic hydroxyl groups is 2. The highest BCUT2D eigenvalue weighted by molar-refractivity contribution is 5.76. The van der Waals surface area contributed by atoms with Crippen LogP contribution in [0.25, 0.3) is 0 Å². The predicted octanol–water partition coefficient (Wildman–Crippen LogP) is 12.8. The highest BCUT2D eigenvalue weighted by Crippen LogP contribution is 2.15. The molecule has 2 unspecified atom stereocenters. The molecule has 0 aromatic heterocycles. The summed E-state index contributed by atoms with van der Waals surface area (Å²) in [6.45, 7) is 4.79. The molecule has 1 amide bonds. The van der Waals surface area contributed by atoms with Crippen molar-refractivity contribution in [3.63, 3.8) is 0 Å². The van der Waals surface area contributed by atoms with E-state index in [0.29, 0.717) is 19.4 Å². The van der Waals surface area contributed by atoms with Gasteiger partial charge in [-0.3, -0.25) is 9.59 Å². The second kappa shape index (κ2) is 42.1. The Morgan fingerprint density at radius 2 is 0.923 bits per heavy atom. The molecular weight excluding hydrogens is 647 g/mol. The van der Waals surface area contributed by atoms with Gasteiger partial charge in [-0.2, -0.15) is 0 Å². The minimum atomic E-state index is -0.872. The highest BCUT2D eigenvalue weighted by atomic mass is 16.5. The van der Waals surface area contributed by atoms with Crippen molar-refractivity contribution in [1.29, 1.82) is 0 Å². The fraction of sp³-hybridized carbons (Fsp3) is 0.870. The van der Waals surface area contributed by atoms with Gasteiger partial charge in [-0.1, -0.05) is 192 Å². The Hall–Kier alpha value is -1.66. The van der Waals surface area contributed by atoms with Gasteiger partial charge in [0.2, 0.25) is 5.91 Å². The van der Waals surface area contributed by atoms with Crippen molar-refractivity contribution in [3.05, 3.63) is 24.3 Å². The molecule has 52 heavy (non-hydrogen) atoms. The molecule has 0 spiro atoms. The average molecular weight is 734 g/mol. The normalized spacial score (nSPS) is 12.9. The van der Waals surface area contributed by atoms with E-state index in [9.17, 15) is 19.8 Å². The zero-order valence-corrected chi connectivity index (χ0v) is 34.5. The molecule has 0 aromatic carbocycles. The lowest BCUT2D eigenvalue weighted by molar-refractivity contribution is -0.143. The molecule has 0 fully saturated rings. The first-order chi connectivity index (χ1) is 25.5. The Balaban J connectivity index is 3.56. The number of hydrogen-bond acceptors (Lipinski definition) is 5. The first-order valence-electron chi connectivity index (χ1n) is 22.6. The van der Waals surface area contributed by atoms with E-state index < -0.39 is 12.1 Å². The lowest BCUT2D eigenvalue weighted by Gasteiger charge is -2.19. The number of carbonyl (C=O) groups is 2. The third-order valence-corrected chi connectivity index (χ3v) is 10.2. The summed E-state index contributed by atoms with van der Waals surface area (Å²) in [5.74, 6) is -0.167. The van der Waals surface area contributed by atoms with Gasteiger partial charge in [0.25, 0.3) is 0 Å². The number of amides is 1. The van der Waals surface area contributed by atoms with Crippen molar-refractivity contribution in [3.8, 4) is 0 Å². The number of carbonyl (C=O) groups excluding carboxylic acids is 2. The molecule has 3 N–H and O–H groups in total. The quantitative estimate of drug-likeness (QED) is 0.0330. The van der Waals surface area contributed by atoms with Crippen LogP contribution < -0.4 is 5.32 Å². The van der Waals surface area contributed by atoms with Crippen LogP contribution in [0.3, 0.4) is 0 Å². The second-order valence-corrected chi connectivity index (χ2v) is 15.4. The molecule has 0 aliphatic rings. The summed E-state index contributed by atoms with van der Waals surface area (Å²) in [5.41, 5.74) is 0. The van der Waals surface area contributed by atoms with Gasteiger partial charge in [-0.25, -0.2) is 0 Å². The molecule has 0 saturated heterocycles. The highest BCUT2D eigenvalue weighted by Gasteiger charge is 2.17. The molecule has 0 bridgehead atoms. The van der Waals surface area contributed by atoms with Crippen LogP contribution in [0.15, 0.2) is 24.3 Å². The van der Waals surface area contributed by atoms with Crippen LogP contribution in [0.5, 0.6) is 0 Å². The summed E-state index contributed by atoms with van der Waals surface area (Å²) in [6.07, 6.45) is 47.4. The molecule has 6 heteroatoms. The number of ether oxygens (including phenoxy) is 1. The first kappa shape index (κ1) is 50.3. The van der Waals surface area contributed by atoms with Gasteiger partial charge in [0, 0.05) is 12.8 Å². The minimum absolute atomic E-state index is 0.0363. The van der Waals surface area contributed by atoms with Crippen LogP contribution in [-0.2, 0) is 14.3 Å². The molecule has 6 nitrogen and oxygen atoms in total. The molecule has 0 aliphatic heterocycles. The number of nitrogens with one attached hydrogen (secondary N) is 1. The van der Waals surface area contributed by atoms with E-state index in [1.54, 1.807) is 6.08 Å². The number of rotatable bonds is 41. The van der Waals surface area contributed by atoms with E-state index in [1.807, 2.05) is 6.08 Å². The van der Waals surface area contributed by atoms with E-state index in [2.05, 4.69) is 31.3 Å². The van der Waals surface area contributed by atoms with Crippen LogP contribution >= 0.6 is 0 Å². The maximum Gasteiger partial charge on any atom is 0.305 e.